The van der Waals surface area contributed by atoms with Crippen molar-refractivity contribution in [3.05, 3.63) is 6.92 Å². The molecule has 0 saturated carbocycles. The molecule has 2 fully saturated rings. The summed E-state index contributed by atoms with van der Waals surface area (Å²) in [7, 11) is 0. The summed E-state index contributed by atoms with van der Waals surface area (Å²) in [6, 6.07) is 0. The molecule has 9 N–H and O–H groups in total. The van der Waals surface area contributed by atoms with Gasteiger partial charge in [-0.1, -0.05) is 0 Å². The Morgan fingerprint density at radius 3 is 1.27 bits per heavy atom. The number of β-amino-alcohol motifs (C(OH)–C–C–N with tert-alkyl or cyclic N) is 2. The molecule has 0 aromatic heterocycles. The fourth-order valence-electron chi connectivity index (χ4n) is 1.69. The first-order chi connectivity index (χ1) is 13.7. The largest absolute Gasteiger partial charge is 0.394 e. The van der Waals surface area contributed by atoms with Crippen molar-refractivity contribution in [3.8, 4) is 0 Å². The van der Waals surface area contributed by atoms with Gasteiger partial charge in [0.15, 0.2) is 5.54 Å². The molecule has 5 unspecified atom stereocenters. The molecule has 0 bridgehead atoms. The third kappa shape index (κ3) is 16.2. The maximum absolute atomic E-state index is 9.75. The van der Waals surface area contributed by atoms with Gasteiger partial charge in [0.1, 0.15) is 18.8 Å². The first-order valence-corrected chi connectivity index (χ1v) is 10.2. The summed E-state index contributed by atoms with van der Waals surface area (Å²) >= 11 is 0. The van der Waals surface area contributed by atoms with Gasteiger partial charge in [-0.15, -0.1) is 0 Å². The topological polar surface area (TPSA) is 176 Å². The van der Waals surface area contributed by atoms with Crippen LogP contribution in [0.4, 0.5) is 0 Å². The predicted octanol–water partition coefficient (Wildman–Crippen LogP) is -2.26. The zero-order valence-corrected chi connectivity index (χ0v) is 19.1. The van der Waals surface area contributed by atoms with E-state index < -0.39 is 28.8 Å². The third-order valence-electron chi connectivity index (χ3n) is 4.31. The molecule has 2 rings (SSSR count). The van der Waals surface area contributed by atoms with Gasteiger partial charge in [-0.05, 0) is 34.6 Å². The first kappa shape index (κ1) is 29.5. The van der Waals surface area contributed by atoms with Gasteiger partial charge >= 0.3 is 0 Å². The summed E-state index contributed by atoms with van der Waals surface area (Å²) in [5, 5.41) is 51.7. The molecule has 0 radical (unpaired) electrons. The molecule has 0 amide bonds. The maximum Gasteiger partial charge on any atom is 0.174 e. The lowest BCUT2D eigenvalue weighted by molar-refractivity contribution is 0.00918. The van der Waals surface area contributed by atoms with Crippen LogP contribution < -0.4 is 16.4 Å². The van der Waals surface area contributed by atoms with Crippen LogP contribution in [0, 0.1) is 6.92 Å². The maximum atomic E-state index is 9.75. The van der Waals surface area contributed by atoms with E-state index in [0.717, 1.165) is 13.2 Å². The smallest absolute Gasteiger partial charge is 0.174 e. The fourth-order valence-corrected chi connectivity index (χ4v) is 1.69. The van der Waals surface area contributed by atoms with E-state index in [-0.39, 0.29) is 32.9 Å². The highest BCUT2D eigenvalue weighted by Crippen LogP contribution is 2.25. The Morgan fingerprint density at radius 2 is 1.10 bits per heavy atom. The van der Waals surface area contributed by atoms with Gasteiger partial charge in [0, 0.05) is 24.2 Å². The molecule has 10 nitrogen and oxygen atoms in total. The van der Waals surface area contributed by atoms with Crippen molar-refractivity contribution in [2.24, 2.45) is 5.73 Å². The summed E-state index contributed by atoms with van der Waals surface area (Å²) in [5.41, 5.74) is 3.55. The van der Waals surface area contributed by atoms with Crippen LogP contribution >= 0.6 is 0 Å². The highest BCUT2D eigenvalue weighted by Gasteiger charge is 2.41. The second-order valence-corrected chi connectivity index (χ2v) is 9.54. The van der Waals surface area contributed by atoms with E-state index in [0.29, 0.717) is 12.2 Å². The molecule has 0 aliphatic carbocycles. The van der Waals surface area contributed by atoms with E-state index in [2.05, 4.69) is 17.6 Å². The van der Waals surface area contributed by atoms with Crippen LogP contribution in [0.2, 0.25) is 0 Å². The monoisotopic (exact) mass is 438 g/mol. The average Bonchev–Trinajstić information content (AvgIpc) is 3.55. The third-order valence-corrected chi connectivity index (χ3v) is 4.31. The number of hydrogen-bond acceptors (Lipinski definition) is 10. The highest BCUT2D eigenvalue weighted by atomic mass is 16.6. The van der Waals surface area contributed by atoms with E-state index in [4.69, 9.17) is 30.5 Å². The second kappa shape index (κ2) is 13.1. The molecule has 2 aliphatic heterocycles. The van der Waals surface area contributed by atoms with Gasteiger partial charge in [0.05, 0.1) is 45.6 Å². The van der Waals surface area contributed by atoms with Crippen molar-refractivity contribution in [2.45, 2.75) is 75.7 Å². The Kier molecular flexibility index (Phi) is 12.9. The summed E-state index contributed by atoms with van der Waals surface area (Å²) in [5.74, 6) is 0. The van der Waals surface area contributed by atoms with E-state index in [1.165, 1.54) is 0 Å². The van der Waals surface area contributed by atoms with Gasteiger partial charge in [0.25, 0.3) is 0 Å². The van der Waals surface area contributed by atoms with Crippen molar-refractivity contribution in [1.29, 1.82) is 0 Å². The molecule has 2 aliphatic rings. The van der Waals surface area contributed by atoms with Crippen molar-refractivity contribution in [1.82, 2.24) is 10.6 Å². The van der Waals surface area contributed by atoms with Gasteiger partial charge < -0.3 is 45.6 Å². The Hall–Kier alpha value is -0.530. The second-order valence-electron chi connectivity index (χ2n) is 9.54. The molecule has 0 aromatic carbocycles. The summed E-state index contributed by atoms with van der Waals surface area (Å²) in [4.78, 5) is 0. The van der Waals surface area contributed by atoms with E-state index >= 15 is 0 Å². The van der Waals surface area contributed by atoms with Gasteiger partial charge in [-0.3, -0.25) is 5.73 Å². The molecule has 0 aromatic rings. The van der Waals surface area contributed by atoms with Crippen molar-refractivity contribution in [2.75, 3.05) is 46.1 Å². The summed E-state index contributed by atoms with van der Waals surface area (Å²) < 4.78 is 9.81. The van der Waals surface area contributed by atoms with Crippen molar-refractivity contribution >= 4 is 0 Å². The standard InChI is InChI=1S/C12H28N2O4.C4H10NO.C4H6O2/c1-11(2,7-15)13-5-9(17)10(18)6-14-12(3,4)8-16;1-4(2,5)3-6;1-3(5-1)4-2-6-4/h9-10,13-18H,5-8H2,1-4H3;6H,1,3,5H2,2H3;3-4H,1-2H2/q;+1;. The van der Waals surface area contributed by atoms with Crippen LogP contribution in [0.5, 0.6) is 0 Å². The normalized spacial score (nSPS) is 24.4. The Bertz CT molecular complexity index is 416. The number of aliphatic hydroxyl groups is 5. The minimum Gasteiger partial charge on any atom is -0.394 e. The first-order valence-electron chi connectivity index (χ1n) is 10.2. The minimum atomic E-state index is -0.933. The molecule has 2 heterocycles. The molecule has 5 atom stereocenters. The molecule has 0 spiro atoms. The summed E-state index contributed by atoms with van der Waals surface area (Å²) in [6.07, 6.45) is -0.884. The number of aliphatic hydroxyl groups excluding tert-OH is 5. The average molecular weight is 439 g/mol. The minimum absolute atomic E-state index is 0.0500. The molecule has 30 heavy (non-hydrogen) atoms. The molecule has 2 saturated heterocycles. The lowest BCUT2D eigenvalue weighted by Gasteiger charge is -2.29. The van der Waals surface area contributed by atoms with Crippen LogP contribution in [-0.4, -0.2) is 113 Å². The van der Waals surface area contributed by atoms with Crippen molar-refractivity contribution in [3.63, 3.8) is 0 Å². The van der Waals surface area contributed by atoms with Crippen LogP contribution in [-0.2, 0) is 9.47 Å². The Balaban J connectivity index is 0.000000556. The zero-order valence-electron chi connectivity index (χ0n) is 19.1. The number of ether oxygens (including phenoxy) is 2. The zero-order chi connectivity index (χ0) is 23.6. The van der Waals surface area contributed by atoms with E-state index in [1.54, 1.807) is 34.6 Å². The molecule has 10 heteroatoms. The lowest BCUT2D eigenvalue weighted by Crippen LogP contribution is -2.52. The van der Waals surface area contributed by atoms with Crippen LogP contribution in [0.15, 0.2) is 0 Å². The predicted molar refractivity (Wildman–Crippen MR) is 115 cm³/mol. The number of epoxide rings is 2. The van der Waals surface area contributed by atoms with Crippen LogP contribution in [0.3, 0.4) is 0 Å². The number of rotatable bonds is 11. The quantitative estimate of drug-likeness (QED) is 0.130. The number of nitrogens with two attached hydrogens (primary N) is 1. The molecule has 180 valence electrons. The van der Waals surface area contributed by atoms with Crippen LogP contribution in [0.25, 0.3) is 0 Å². The van der Waals surface area contributed by atoms with Gasteiger partial charge in [-0.25, -0.2) is 0 Å². The SMILES string of the molecule is C1OC1C1CO1.CC(C)(CO)NCC(O)C(O)CNC(C)(C)CO.[CH2+]C(C)(N)CO. The van der Waals surface area contributed by atoms with E-state index in [9.17, 15) is 10.2 Å². The number of nitrogens with one attached hydrogen (secondary N) is 2. The highest BCUT2D eigenvalue weighted by molar-refractivity contribution is 4.87. The van der Waals surface area contributed by atoms with Gasteiger partial charge in [-0.2, -0.15) is 0 Å². The number of hydrogen-bond donors (Lipinski definition) is 8. The Morgan fingerprint density at radius 1 is 0.833 bits per heavy atom. The molecular formula is C20H44N3O7+. The lowest BCUT2D eigenvalue weighted by atomic mass is 10.0. The molecular weight excluding hydrogens is 394 g/mol. The van der Waals surface area contributed by atoms with Gasteiger partial charge in [0.2, 0.25) is 0 Å². The van der Waals surface area contributed by atoms with Crippen molar-refractivity contribution < 1.29 is 35.0 Å². The fraction of sp³-hybridized carbons (Fsp3) is 0.950. The van der Waals surface area contributed by atoms with Crippen LogP contribution in [0.1, 0.15) is 34.6 Å². The van der Waals surface area contributed by atoms with E-state index in [1.807, 2.05) is 0 Å². The Labute approximate surface area is 180 Å². The summed E-state index contributed by atoms with van der Waals surface area (Å²) in [6.45, 7) is 14.4.